The number of hydrogen-bond donors (Lipinski definition) is 1. The summed E-state index contributed by atoms with van der Waals surface area (Å²) in [7, 11) is 1.51. The molecular formula is C16H16O4. The van der Waals surface area contributed by atoms with Crippen LogP contribution in [0.1, 0.15) is 18.1 Å². The minimum Gasteiger partial charge on any atom is -0.504 e. The van der Waals surface area contributed by atoms with E-state index in [1.165, 1.54) is 14.0 Å². The normalized spacial score (nSPS) is 10.1. The summed E-state index contributed by atoms with van der Waals surface area (Å²) in [5.74, 6) is 0.727. The van der Waals surface area contributed by atoms with E-state index in [4.69, 9.17) is 9.47 Å². The van der Waals surface area contributed by atoms with E-state index in [-0.39, 0.29) is 11.7 Å². The van der Waals surface area contributed by atoms with E-state index in [9.17, 15) is 9.90 Å². The van der Waals surface area contributed by atoms with Crippen molar-refractivity contribution in [2.45, 2.75) is 13.3 Å². The van der Waals surface area contributed by atoms with Crippen LogP contribution < -0.4 is 9.47 Å². The number of methoxy groups -OCH3 is 1. The molecule has 4 nitrogen and oxygen atoms in total. The molecule has 2 aromatic rings. The molecule has 0 radical (unpaired) electrons. The van der Waals surface area contributed by atoms with Gasteiger partial charge in [0, 0.05) is 13.3 Å². The Balaban J connectivity index is 2.28. The van der Waals surface area contributed by atoms with Crippen LogP contribution in [0.3, 0.4) is 0 Å². The van der Waals surface area contributed by atoms with Gasteiger partial charge in [0.05, 0.1) is 7.11 Å². The number of phenolic OH excluding ortho intramolecular Hbond substituents is 1. The van der Waals surface area contributed by atoms with Crippen molar-refractivity contribution in [2.24, 2.45) is 0 Å². The van der Waals surface area contributed by atoms with E-state index in [2.05, 4.69) is 0 Å². The number of carbonyl (C=O) groups is 1. The fourth-order valence-corrected chi connectivity index (χ4v) is 1.96. The highest BCUT2D eigenvalue weighted by Gasteiger charge is 2.08. The first-order valence-electron chi connectivity index (χ1n) is 6.22. The van der Waals surface area contributed by atoms with Gasteiger partial charge in [0.25, 0.3) is 0 Å². The first-order valence-corrected chi connectivity index (χ1v) is 6.22. The van der Waals surface area contributed by atoms with Crippen molar-refractivity contribution in [2.75, 3.05) is 7.11 Å². The standard InChI is InChI=1S/C16H16O4/c1-11(17)20-15-6-4-3-5-13(15)9-12-7-8-14(18)16(10-12)19-2/h3-8,10,18H,9H2,1-2H3. The zero-order chi connectivity index (χ0) is 14.5. The van der Waals surface area contributed by atoms with Gasteiger partial charge in [0.15, 0.2) is 11.5 Å². The summed E-state index contributed by atoms with van der Waals surface area (Å²) in [5, 5.41) is 9.58. The summed E-state index contributed by atoms with van der Waals surface area (Å²) in [5.41, 5.74) is 1.86. The number of para-hydroxylation sites is 1. The van der Waals surface area contributed by atoms with Crippen molar-refractivity contribution in [3.8, 4) is 17.2 Å². The maximum absolute atomic E-state index is 11.1. The van der Waals surface area contributed by atoms with E-state index in [1.54, 1.807) is 18.2 Å². The summed E-state index contributed by atoms with van der Waals surface area (Å²) in [6, 6.07) is 12.5. The van der Waals surface area contributed by atoms with Gasteiger partial charge in [-0.25, -0.2) is 0 Å². The Labute approximate surface area is 117 Å². The molecule has 0 amide bonds. The molecule has 2 aromatic carbocycles. The number of rotatable bonds is 4. The SMILES string of the molecule is COc1cc(Cc2ccccc2OC(C)=O)ccc1O. The molecule has 0 aliphatic carbocycles. The third-order valence-corrected chi connectivity index (χ3v) is 2.87. The van der Waals surface area contributed by atoms with Crippen molar-refractivity contribution >= 4 is 5.97 Å². The van der Waals surface area contributed by atoms with Crippen molar-refractivity contribution < 1.29 is 19.4 Å². The fourth-order valence-electron chi connectivity index (χ4n) is 1.96. The lowest BCUT2D eigenvalue weighted by atomic mass is 10.0. The lowest BCUT2D eigenvalue weighted by molar-refractivity contribution is -0.131. The molecule has 0 spiro atoms. The van der Waals surface area contributed by atoms with Crippen molar-refractivity contribution in [3.05, 3.63) is 53.6 Å². The Morgan fingerprint density at radius 1 is 1.15 bits per heavy atom. The average Bonchev–Trinajstić information content (AvgIpc) is 2.42. The summed E-state index contributed by atoms with van der Waals surface area (Å²) in [6.07, 6.45) is 0.583. The monoisotopic (exact) mass is 272 g/mol. The van der Waals surface area contributed by atoms with Crippen LogP contribution in [0.5, 0.6) is 17.2 Å². The predicted octanol–water partition coefficient (Wildman–Crippen LogP) is 2.92. The highest BCUT2D eigenvalue weighted by molar-refractivity contribution is 5.69. The number of esters is 1. The van der Waals surface area contributed by atoms with Gasteiger partial charge in [0.2, 0.25) is 0 Å². The number of carbonyl (C=O) groups excluding carboxylic acids is 1. The number of hydrogen-bond acceptors (Lipinski definition) is 4. The Hall–Kier alpha value is -2.49. The van der Waals surface area contributed by atoms with Crippen molar-refractivity contribution in [3.63, 3.8) is 0 Å². The largest absolute Gasteiger partial charge is 0.504 e. The molecule has 2 rings (SSSR count). The van der Waals surface area contributed by atoms with Crippen LogP contribution in [-0.2, 0) is 11.2 Å². The Morgan fingerprint density at radius 3 is 2.60 bits per heavy atom. The smallest absolute Gasteiger partial charge is 0.308 e. The van der Waals surface area contributed by atoms with Crippen LogP contribution in [0.4, 0.5) is 0 Å². The van der Waals surface area contributed by atoms with Crippen LogP contribution in [0.25, 0.3) is 0 Å². The van der Waals surface area contributed by atoms with Gasteiger partial charge in [-0.2, -0.15) is 0 Å². The van der Waals surface area contributed by atoms with Gasteiger partial charge < -0.3 is 14.6 Å². The second kappa shape index (κ2) is 6.10. The second-order valence-corrected chi connectivity index (χ2v) is 4.38. The van der Waals surface area contributed by atoms with E-state index >= 15 is 0 Å². The highest BCUT2D eigenvalue weighted by atomic mass is 16.5. The van der Waals surface area contributed by atoms with Gasteiger partial charge in [-0.15, -0.1) is 0 Å². The zero-order valence-corrected chi connectivity index (χ0v) is 11.4. The first-order chi connectivity index (χ1) is 9.60. The highest BCUT2D eigenvalue weighted by Crippen LogP contribution is 2.29. The molecule has 0 heterocycles. The summed E-state index contributed by atoms with van der Waals surface area (Å²) in [4.78, 5) is 11.1. The maximum Gasteiger partial charge on any atom is 0.308 e. The van der Waals surface area contributed by atoms with Crippen molar-refractivity contribution in [1.82, 2.24) is 0 Å². The molecular weight excluding hydrogens is 256 g/mol. The molecule has 1 N–H and O–H groups in total. The minimum absolute atomic E-state index is 0.101. The molecule has 0 saturated heterocycles. The molecule has 0 atom stereocenters. The average molecular weight is 272 g/mol. The van der Waals surface area contributed by atoms with Crippen molar-refractivity contribution in [1.29, 1.82) is 0 Å². The van der Waals surface area contributed by atoms with Gasteiger partial charge in [0.1, 0.15) is 5.75 Å². The maximum atomic E-state index is 11.1. The molecule has 0 aromatic heterocycles. The molecule has 0 saturated carbocycles. The van der Waals surface area contributed by atoms with E-state index in [0.717, 1.165) is 11.1 Å². The second-order valence-electron chi connectivity index (χ2n) is 4.38. The molecule has 0 aliphatic heterocycles. The van der Waals surface area contributed by atoms with E-state index in [1.807, 2.05) is 24.3 Å². The molecule has 0 bridgehead atoms. The summed E-state index contributed by atoms with van der Waals surface area (Å²) >= 11 is 0. The van der Waals surface area contributed by atoms with Gasteiger partial charge >= 0.3 is 5.97 Å². The lowest BCUT2D eigenvalue weighted by Gasteiger charge is -2.10. The Kier molecular flexibility index (Phi) is 4.25. The lowest BCUT2D eigenvalue weighted by Crippen LogP contribution is -2.04. The molecule has 0 fully saturated rings. The fraction of sp³-hybridized carbons (Fsp3) is 0.188. The third-order valence-electron chi connectivity index (χ3n) is 2.87. The number of ether oxygens (including phenoxy) is 2. The Bertz CT molecular complexity index is 620. The zero-order valence-electron chi connectivity index (χ0n) is 11.4. The van der Waals surface area contributed by atoms with E-state index in [0.29, 0.717) is 17.9 Å². The predicted molar refractivity (Wildman–Crippen MR) is 75.2 cm³/mol. The van der Waals surface area contributed by atoms with Crippen LogP contribution in [0.15, 0.2) is 42.5 Å². The van der Waals surface area contributed by atoms with Gasteiger partial charge in [-0.05, 0) is 29.3 Å². The van der Waals surface area contributed by atoms with Crippen LogP contribution >= 0.6 is 0 Å². The molecule has 0 aliphatic rings. The summed E-state index contributed by atoms with van der Waals surface area (Å²) in [6.45, 7) is 1.38. The summed E-state index contributed by atoms with van der Waals surface area (Å²) < 4.78 is 10.3. The molecule has 104 valence electrons. The number of aromatic hydroxyl groups is 1. The van der Waals surface area contributed by atoms with Crippen LogP contribution in [-0.4, -0.2) is 18.2 Å². The van der Waals surface area contributed by atoms with Crippen LogP contribution in [0, 0.1) is 0 Å². The molecule has 20 heavy (non-hydrogen) atoms. The number of phenols is 1. The number of benzene rings is 2. The molecule has 0 unspecified atom stereocenters. The Morgan fingerprint density at radius 2 is 1.90 bits per heavy atom. The molecule has 4 heteroatoms. The third kappa shape index (κ3) is 3.29. The van der Waals surface area contributed by atoms with Gasteiger partial charge in [-0.3, -0.25) is 4.79 Å². The van der Waals surface area contributed by atoms with E-state index < -0.39 is 0 Å². The first kappa shape index (κ1) is 13.9. The quantitative estimate of drug-likeness (QED) is 0.687. The minimum atomic E-state index is -0.347. The topological polar surface area (TPSA) is 55.8 Å². The van der Waals surface area contributed by atoms with Gasteiger partial charge in [-0.1, -0.05) is 24.3 Å². The van der Waals surface area contributed by atoms with Crippen LogP contribution in [0.2, 0.25) is 0 Å².